The first-order valence-corrected chi connectivity index (χ1v) is 12.8. The molecular weight excluding hydrogens is 482 g/mol. The Bertz CT molecular complexity index is 1060. The van der Waals surface area contributed by atoms with E-state index < -0.39 is 23.9 Å². The molecule has 0 bridgehead atoms. The fourth-order valence-electron chi connectivity index (χ4n) is 4.35. The van der Waals surface area contributed by atoms with Crippen LogP contribution in [0.25, 0.3) is 0 Å². The average Bonchev–Trinajstić information content (AvgIpc) is 3.22. The Hall–Kier alpha value is -2.26. The van der Waals surface area contributed by atoms with Gasteiger partial charge in [-0.2, -0.15) is 0 Å². The van der Waals surface area contributed by atoms with Crippen molar-refractivity contribution in [1.82, 2.24) is 15.6 Å². The molecule has 10 heteroatoms. The van der Waals surface area contributed by atoms with Crippen molar-refractivity contribution in [3.8, 4) is 0 Å². The maximum atomic E-state index is 13.3. The van der Waals surface area contributed by atoms with Crippen LogP contribution in [-0.4, -0.2) is 34.8 Å². The first-order valence-electron chi connectivity index (χ1n) is 11.6. The van der Waals surface area contributed by atoms with Gasteiger partial charge in [-0.15, -0.1) is 11.3 Å². The highest BCUT2D eigenvalue weighted by Crippen LogP contribution is 2.41. The number of rotatable bonds is 9. The van der Waals surface area contributed by atoms with Gasteiger partial charge in [-0.3, -0.25) is 14.6 Å². The van der Waals surface area contributed by atoms with E-state index in [1.54, 1.807) is 18.3 Å². The Kier molecular flexibility index (Phi) is 7.42. The van der Waals surface area contributed by atoms with Crippen LogP contribution >= 0.6 is 22.9 Å². The SMILES string of the molecule is Cc1ncc(Cl)cc1N[C@@H](C)c1ccc(C(=O)N[C@@H](CC2CCCC2)C(=O)NC2CC2(F)F)s1. The van der Waals surface area contributed by atoms with Gasteiger partial charge in [-0.1, -0.05) is 37.3 Å². The minimum atomic E-state index is -2.85. The van der Waals surface area contributed by atoms with Crippen LogP contribution in [0, 0.1) is 12.8 Å². The van der Waals surface area contributed by atoms with E-state index >= 15 is 0 Å². The topological polar surface area (TPSA) is 83.1 Å². The number of aromatic nitrogens is 1. The molecule has 0 aliphatic heterocycles. The molecule has 4 rings (SSSR count). The van der Waals surface area contributed by atoms with E-state index in [9.17, 15) is 18.4 Å². The fraction of sp³-hybridized carbons (Fsp3) is 0.542. The molecule has 2 aliphatic carbocycles. The predicted octanol–water partition coefficient (Wildman–Crippen LogP) is 5.48. The van der Waals surface area contributed by atoms with Crippen molar-refractivity contribution in [3.05, 3.63) is 44.9 Å². The van der Waals surface area contributed by atoms with Gasteiger partial charge >= 0.3 is 0 Å². The van der Waals surface area contributed by atoms with Gasteiger partial charge in [0.15, 0.2) is 0 Å². The Morgan fingerprint density at radius 3 is 2.68 bits per heavy atom. The maximum absolute atomic E-state index is 13.3. The van der Waals surface area contributed by atoms with Crippen LogP contribution in [0.2, 0.25) is 5.02 Å². The third-order valence-electron chi connectivity index (χ3n) is 6.51. The number of pyridine rings is 1. The Morgan fingerprint density at radius 2 is 2.00 bits per heavy atom. The quantitative estimate of drug-likeness (QED) is 0.417. The number of anilines is 1. The molecule has 2 aromatic heterocycles. The van der Waals surface area contributed by atoms with Crippen molar-refractivity contribution in [3.63, 3.8) is 0 Å². The monoisotopic (exact) mass is 510 g/mol. The fourth-order valence-corrected chi connectivity index (χ4v) is 5.42. The minimum absolute atomic E-state index is 0.0970. The summed E-state index contributed by atoms with van der Waals surface area (Å²) >= 11 is 7.37. The first-order chi connectivity index (χ1) is 16.1. The van der Waals surface area contributed by atoms with Crippen LogP contribution in [-0.2, 0) is 4.79 Å². The van der Waals surface area contributed by atoms with Crippen LogP contribution < -0.4 is 16.0 Å². The number of carbonyl (C=O) groups excluding carboxylic acids is 2. The standard InChI is InChI=1S/C24H29ClF2N4O2S/c1-13-17(10-16(25)12-28-13)29-14(2)19-7-8-20(34-19)23(33)30-18(9-15-5-3-4-6-15)22(32)31-21-11-24(21,26)27/h7-8,10,12,14-15,18,21,29H,3-6,9,11H2,1-2H3,(H,30,33)(H,31,32)/t14-,18-,21?/m0/s1. The number of hydrogen-bond acceptors (Lipinski definition) is 5. The second kappa shape index (κ2) is 10.2. The van der Waals surface area contributed by atoms with Gasteiger partial charge in [0, 0.05) is 17.5 Å². The van der Waals surface area contributed by atoms with Gasteiger partial charge in [-0.05, 0) is 44.4 Å². The van der Waals surface area contributed by atoms with E-state index in [2.05, 4.69) is 20.9 Å². The lowest BCUT2D eigenvalue weighted by Gasteiger charge is -2.21. The molecule has 2 saturated carbocycles. The third-order valence-corrected chi connectivity index (χ3v) is 7.98. The summed E-state index contributed by atoms with van der Waals surface area (Å²) in [6.45, 7) is 3.85. The minimum Gasteiger partial charge on any atom is -0.376 e. The molecule has 2 aromatic rings. The summed E-state index contributed by atoms with van der Waals surface area (Å²) in [5, 5.41) is 9.10. The molecule has 184 valence electrons. The van der Waals surface area contributed by atoms with Crippen molar-refractivity contribution < 1.29 is 18.4 Å². The second-order valence-electron chi connectivity index (χ2n) is 9.29. The van der Waals surface area contributed by atoms with Crippen LogP contribution in [0.4, 0.5) is 14.5 Å². The predicted molar refractivity (Wildman–Crippen MR) is 130 cm³/mol. The third kappa shape index (κ3) is 6.05. The molecule has 1 unspecified atom stereocenters. The first kappa shape index (κ1) is 24.9. The van der Waals surface area contributed by atoms with E-state index in [-0.39, 0.29) is 18.4 Å². The number of hydrogen-bond donors (Lipinski definition) is 3. The van der Waals surface area contributed by atoms with Gasteiger partial charge in [-0.25, -0.2) is 8.78 Å². The lowest BCUT2D eigenvalue weighted by atomic mass is 9.97. The summed E-state index contributed by atoms with van der Waals surface area (Å²) in [5.74, 6) is -3.43. The Balaban J connectivity index is 1.40. The molecule has 0 radical (unpaired) electrons. The van der Waals surface area contributed by atoms with E-state index in [1.807, 2.05) is 19.9 Å². The molecule has 0 aromatic carbocycles. The molecule has 0 spiro atoms. The highest BCUT2D eigenvalue weighted by atomic mass is 35.5. The molecule has 6 nitrogen and oxygen atoms in total. The van der Waals surface area contributed by atoms with E-state index in [0.717, 1.165) is 41.9 Å². The highest BCUT2D eigenvalue weighted by Gasteiger charge is 2.58. The Morgan fingerprint density at radius 1 is 1.29 bits per heavy atom. The van der Waals surface area contributed by atoms with Crippen molar-refractivity contribution >= 4 is 40.4 Å². The molecule has 3 N–H and O–H groups in total. The summed E-state index contributed by atoms with van der Waals surface area (Å²) in [7, 11) is 0. The zero-order chi connectivity index (χ0) is 24.5. The molecule has 0 saturated heterocycles. The average molecular weight is 511 g/mol. The molecule has 2 amide bonds. The number of aryl methyl sites for hydroxylation is 1. The number of thiophene rings is 1. The summed E-state index contributed by atoms with van der Waals surface area (Å²) < 4.78 is 26.6. The Labute approximate surface area is 206 Å². The van der Waals surface area contributed by atoms with Gasteiger partial charge < -0.3 is 16.0 Å². The van der Waals surface area contributed by atoms with E-state index in [4.69, 9.17) is 11.6 Å². The number of amides is 2. The normalized spacial score (nSPS) is 21.0. The summed E-state index contributed by atoms with van der Waals surface area (Å²) in [4.78, 5) is 31.3. The highest BCUT2D eigenvalue weighted by molar-refractivity contribution is 7.14. The van der Waals surface area contributed by atoms with Crippen molar-refractivity contribution in [2.75, 3.05) is 5.32 Å². The van der Waals surface area contributed by atoms with Crippen LogP contribution in [0.5, 0.6) is 0 Å². The number of nitrogens with one attached hydrogen (secondary N) is 3. The van der Waals surface area contributed by atoms with E-state index in [0.29, 0.717) is 22.2 Å². The van der Waals surface area contributed by atoms with E-state index in [1.165, 1.54) is 11.3 Å². The molecule has 2 fully saturated rings. The van der Waals surface area contributed by atoms with Gasteiger partial charge in [0.25, 0.3) is 11.8 Å². The second-order valence-corrected chi connectivity index (χ2v) is 10.8. The number of nitrogens with zero attached hydrogens (tertiary/aromatic N) is 1. The number of halogens is 3. The number of carbonyl (C=O) groups is 2. The van der Waals surface area contributed by atoms with Gasteiger partial charge in [0.05, 0.1) is 33.4 Å². The van der Waals surface area contributed by atoms with Crippen molar-refractivity contribution in [1.29, 1.82) is 0 Å². The zero-order valence-electron chi connectivity index (χ0n) is 19.2. The summed E-state index contributed by atoms with van der Waals surface area (Å²) in [6.07, 6.45) is 5.87. The van der Waals surface area contributed by atoms with Crippen molar-refractivity contribution in [2.24, 2.45) is 5.92 Å². The van der Waals surface area contributed by atoms with Gasteiger partial charge in [0.1, 0.15) is 6.04 Å². The smallest absolute Gasteiger partial charge is 0.270 e. The zero-order valence-corrected chi connectivity index (χ0v) is 20.7. The van der Waals surface area contributed by atoms with Crippen LogP contribution in [0.15, 0.2) is 24.4 Å². The molecule has 3 atom stereocenters. The maximum Gasteiger partial charge on any atom is 0.270 e. The number of alkyl halides is 2. The lowest BCUT2D eigenvalue weighted by Crippen LogP contribution is -2.48. The molecular formula is C24H29ClF2N4O2S. The molecule has 2 aliphatic rings. The van der Waals surface area contributed by atoms with Crippen molar-refractivity contribution in [2.45, 2.75) is 76.4 Å². The lowest BCUT2D eigenvalue weighted by molar-refractivity contribution is -0.124. The largest absolute Gasteiger partial charge is 0.376 e. The molecule has 34 heavy (non-hydrogen) atoms. The van der Waals surface area contributed by atoms with Crippen LogP contribution in [0.1, 0.15) is 71.7 Å². The summed E-state index contributed by atoms with van der Waals surface area (Å²) in [5.41, 5.74) is 1.62. The van der Waals surface area contributed by atoms with Gasteiger partial charge in [0.2, 0.25) is 5.91 Å². The van der Waals surface area contributed by atoms with Crippen LogP contribution in [0.3, 0.4) is 0 Å². The molecule has 2 heterocycles. The summed E-state index contributed by atoms with van der Waals surface area (Å²) in [6, 6.07) is 3.33.